The number of carbonyl (C=O) groups is 6. The van der Waals surface area contributed by atoms with Crippen molar-refractivity contribution in [3.05, 3.63) is 35.9 Å². The van der Waals surface area contributed by atoms with E-state index in [1.807, 2.05) is 0 Å². The lowest BCUT2D eigenvalue weighted by molar-refractivity contribution is -0.154. The first kappa shape index (κ1) is 30.0. The van der Waals surface area contributed by atoms with Crippen molar-refractivity contribution in [1.29, 1.82) is 0 Å². The fourth-order valence-electron chi connectivity index (χ4n) is 2.75. The summed E-state index contributed by atoms with van der Waals surface area (Å²) in [6.45, 7) is 2.27. The van der Waals surface area contributed by atoms with Crippen LogP contribution in [-0.4, -0.2) is 72.1 Å². The van der Waals surface area contributed by atoms with E-state index in [0.717, 1.165) is 5.56 Å². The van der Waals surface area contributed by atoms with Gasteiger partial charge in [-0.3, -0.25) is 19.2 Å². The Hall–Kier alpha value is -4.03. The second-order valence-electron chi connectivity index (χ2n) is 8.10. The molecule has 3 amide bonds. The van der Waals surface area contributed by atoms with Gasteiger partial charge in [0.1, 0.15) is 24.7 Å². The Bertz CT molecular complexity index is 940. The number of aliphatic carboxylic acids is 1. The number of amides is 3. The molecule has 0 saturated carbocycles. The highest BCUT2D eigenvalue weighted by Crippen LogP contribution is 2.06. The maximum atomic E-state index is 12.7. The zero-order valence-electron chi connectivity index (χ0n) is 20.1. The highest BCUT2D eigenvalue weighted by Gasteiger charge is 2.31. The highest BCUT2D eigenvalue weighted by atomic mass is 19.1. The predicted molar refractivity (Wildman–Crippen MR) is 122 cm³/mol. The average Bonchev–Trinajstić information content (AvgIpc) is 2.83. The quantitative estimate of drug-likeness (QED) is 0.259. The standard InChI is InChI=1S/C23H30FN3O9/c1-13(2)19(27-23(34)36-11-15-7-5-4-6-8-15)21(32)25-14(3)20(31)26-17(9-18(29)30)22(33)35-12-16(28)10-24/h4-8,13-14,17,19H,9-12H2,1-3H3,(H,25,32)(H,26,31)(H,27,34)(H,29,30)/t14-,17-,19-/m0/s1. The Morgan fingerprint density at radius 2 is 1.56 bits per heavy atom. The molecule has 0 aliphatic rings. The lowest BCUT2D eigenvalue weighted by atomic mass is 10.0. The van der Waals surface area contributed by atoms with E-state index in [1.54, 1.807) is 44.2 Å². The second kappa shape index (κ2) is 15.1. The molecule has 4 N–H and O–H groups in total. The Kier molecular flexibility index (Phi) is 12.6. The number of esters is 1. The van der Waals surface area contributed by atoms with Crippen LogP contribution in [0.2, 0.25) is 0 Å². The lowest BCUT2D eigenvalue weighted by Crippen LogP contribution is -2.56. The first-order valence-electron chi connectivity index (χ1n) is 11.0. The van der Waals surface area contributed by atoms with Crippen molar-refractivity contribution >= 4 is 35.6 Å². The molecule has 3 atom stereocenters. The summed E-state index contributed by atoms with van der Waals surface area (Å²) in [5, 5.41) is 15.9. The van der Waals surface area contributed by atoms with Crippen molar-refractivity contribution < 1.29 is 47.7 Å². The third-order valence-corrected chi connectivity index (χ3v) is 4.69. The molecule has 36 heavy (non-hydrogen) atoms. The molecule has 0 aliphatic carbocycles. The number of carboxylic acids is 1. The number of carbonyl (C=O) groups excluding carboxylic acids is 5. The van der Waals surface area contributed by atoms with Crippen molar-refractivity contribution in [3.8, 4) is 0 Å². The van der Waals surface area contributed by atoms with Crippen LogP contribution < -0.4 is 16.0 Å². The molecule has 12 nitrogen and oxygen atoms in total. The largest absolute Gasteiger partial charge is 0.481 e. The van der Waals surface area contributed by atoms with Crippen LogP contribution in [0.3, 0.4) is 0 Å². The van der Waals surface area contributed by atoms with Gasteiger partial charge in [0.2, 0.25) is 17.6 Å². The molecule has 198 valence electrons. The van der Waals surface area contributed by atoms with Gasteiger partial charge in [0.05, 0.1) is 6.42 Å². The fraction of sp³-hybridized carbons (Fsp3) is 0.478. The molecule has 0 aromatic heterocycles. The number of halogens is 1. The highest BCUT2D eigenvalue weighted by molar-refractivity contribution is 5.94. The van der Waals surface area contributed by atoms with E-state index in [1.165, 1.54) is 6.92 Å². The van der Waals surface area contributed by atoms with Gasteiger partial charge in [-0.25, -0.2) is 14.0 Å². The minimum atomic E-state index is -1.69. The van der Waals surface area contributed by atoms with E-state index in [9.17, 15) is 33.2 Å². The predicted octanol–water partition coefficient (Wildman–Crippen LogP) is 0.483. The molecule has 0 unspecified atom stereocenters. The van der Waals surface area contributed by atoms with E-state index >= 15 is 0 Å². The van der Waals surface area contributed by atoms with Crippen LogP contribution in [0.15, 0.2) is 30.3 Å². The van der Waals surface area contributed by atoms with E-state index in [-0.39, 0.29) is 6.61 Å². The van der Waals surface area contributed by atoms with Crippen LogP contribution >= 0.6 is 0 Å². The number of alkyl halides is 1. The van der Waals surface area contributed by atoms with Crippen molar-refractivity contribution in [3.63, 3.8) is 0 Å². The molecule has 13 heteroatoms. The maximum absolute atomic E-state index is 12.7. The number of carboxylic acid groups (broad SMARTS) is 1. The minimum Gasteiger partial charge on any atom is -0.481 e. The van der Waals surface area contributed by atoms with E-state index < -0.39 is 79.4 Å². The molecule has 1 aromatic carbocycles. The smallest absolute Gasteiger partial charge is 0.408 e. The van der Waals surface area contributed by atoms with Gasteiger partial charge in [0, 0.05) is 0 Å². The van der Waals surface area contributed by atoms with Crippen LogP contribution in [0, 0.1) is 5.92 Å². The van der Waals surface area contributed by atoms with Crippen molar-refractivity contribution in [2.45, 2.75) is 51.9 Å². The number of hydrogen-bond acceptors (Lipinski definition) is 8. The van der Waals surface area contributed by atoms with Crippen molar-refractivity contribution in [2.24, 2.45) is 5.92 Å². The van der Waals surface area contributed by atoms with E-state index in [2.05, 4.69) is 20.7 Å². The number of ketones is 1. The number of ether oxygens (including phenoxy) is 2. The maximum Gasteiger partial charge on any atom is 0.408 e. The van der Waals surface area contributed by atoms with Crippen LogP contribution in [-0.2, 0) is 40.1 Å². The summed E-state index contributed by atoms with van der Waals surface area (Å²) in [6.07, 6.45) is -1.73. The van der Waals surface area contributed by atoms with Gasteiger partial charge in [-0.05, 0) is 18.4 Å². The first-order valence-corrected chi connectivity index (χ1v) is 11.0. The number of Topliss-reactive ketones (excluding diaryl/α,β-unsaturated/α-hetero) is 1. The summed E-state index contributed by atoms with van der Waals surface area (Å²) in [6, 6.07) is 4.86. The van der Waals surface area contributed by atoms with E-state index in [4.69, 9.17) is 9.84 Å². The van der Waals surface area contributed by atoms with Gasteiger partial charge in [-0.1, -0.05) is 44.2 Å². The van der Waals surface area contributed by atoms with E-state index in [0.29, 0.717) is 0 Å². The molecule has 0 aliphatic heterocycles. The Balaban J connectivity index is 2.71. The summed E-state index contributed by atoms with van der Waals surface area (Å²) < 4.78 is 21.9. The second-order valence-corrected chi connectivity index (χ2v) is 8.10. The third-order valence-electron chi connectivity index (χ3n) is 4.69. The number of nitrogens with one attached hydrogen (secondary N) is 3. The molecule has 1 rings (SSSR count). The van der Waals surface area contributed by atoms with Gasteiger partial charge in [0.25, 0.3) is 0 Å². The minimum absolute atomic E-state index is 0.0179. The fourth-order valence-corrected chi connectivity index (χ4v) is 2.75. The van der Waals surface area contributed by atoms with Crippen molar-refractivity contribution in [2.75, 3.05) is 13.3 Å². The Morgan fingerprint density at radius 3 is 2.11 bits per heavy atom. The Morgan fingerprint density at radius 1 is 0.917 bits per heavy atom. The Labute approximate surface area is 206 Å². The SMILES string of the molecule is CC(C)[C@H](NC(=O)OCc1ccccc1)C(=O)N[C@@H](C)C(=O)N[C@@H](CC(=O)O)C(=O)OCC(=O)CF. The topological polar surface area (TPSA) is 177 Å². The summed E-state index contributed by atoms with van der Waals surface area (Å²) in [5.74, 6) is -5.81. The number of rotatable bonds is 14. The van der Waals surface area contributed by atoms with Gasteiger partial charge in [-0.15, -0.1) is 0 Å². The zero-order valence-corrected chi connectivity index (χ0v) is 20.1. The number of hydrogen-bond donors (Lipinski definition) is 4. The monoisotopic (exact) mass is 511 g/mol. The molecule has 0 fully saturated rings. The number of alkyl carbamates (subject to hydrolysis) is 1. The van der Waals surface area contributed by atoms with Gasteiger partial charge in [-0.2, -0.15) is 0 Å². The summed E-state index contributed by atoms with van der Waals surface area (Å²) in [5.41, 5.74) is 0.743. The van der Waals surface area contributed by atoms with Gasteiger partial charge in [0.15, 0.2) is 13.3 Å². The summed E-state index contributed by atoms with van der Waals surface area (Å²) in [7, 11) is 0. The molecular weight excluding hydrogens is 481 g/mol. The lowest BCUT2D eigenvalue weighted by Gasteiger charge is -2.24. The molecule has 0 radical (unpaired) electrons. The molecule has 0 spiro atoms. The van der Waals surface area contributed by atoms with Gasteiger partial charge >= 0.3 is 18.0 Å². The normalized spacial score (nSPS) is 13.0. The van der Waals surface area contributed by atoms with Crippen LogP contribution in [0.5, 0.6) is 0 Å². The zero-order chi connectivity index (χ0) is 27.3. The third kappa shape index (κ3) is 10.9. The van der Waals surface area contributed by atoms with Gasteiger partial charge < -0.3 is 30.5 Å². The van der Waals surface area contributed by atoms with Crippen LogP contribution in [0.25, 0.3) is 0 Å². The van der Waals surface area contributed by atoms with Crippen LogP contribution in [0.1, 0.15) is 32.8 Å². The molecule has 0 heterocycles. The molecular formula is C23H30FN3O9. The number of benzene rings is 1. The molecule has 1 aromatic rings. The first-order chi connectivity index (χ1) is 16.9. The summed E-state index contributed by atoms with van der Waals surface area (Å²) >= 11 is 0. The average molecular weight is 512 g/mol. The summed E-state index contributed by atoms with van der Waals surface area (Å²) in [4.78, 5) is 71.4. The molecule has 0 saturated heterocycles. The molecule has 0 bridgehead atoms. The van der Waals surface area contributed by atoms with Crippen molar-refractivity contribution in [1.82, 2.24) is 16.0 Å². The van der Waals surface area contributed by atoms with Crippen LogP contribution in [0.4, 0.5) is 9.18 Å².